The average molecular weight is 284 g/mol. The van der Waals surface area contributed by atoms with Crippen LogP contribution < -0.4 is 0 Å². The highest BCUT2D eigenvalue weighted by Gasteiger charge is 2.10. The molecule has 0 aromatic carbocycles. The van der Waals surface area contributed by atoms with Crippen LogP contribution >= 0.6 is 0 Å². The van der Waals surface area contributed by atoms with E-state index in [1.54, 1.807) is 0 Å². The average Bonchev–Trinajstić information content (AvgIpc) is 2.27. The Balaban J connectivity index is 3.44. The van der Waals surface area contributed by atoms with Gasteiger partial charge in [0.15, 0.2) is 0 Å². The van der Waals surface area contributed by atoms with E-state index in [0.29, 0.717) is 6.42 Å². The molecule has 108 valence electrons. The molecular formula is C10H20O7S. The van der Waals surface area contributed by atoms with Gasteiger partial charge >= 0.3 is 16.4 Å². The number of hydrogen-bond acceptors (Lipinski definition) is 7. The molecular weight excluding hydrogens is 264 g/mol. The van der Waals surface area contributed by atoms with E-state index in [9.17, 15) is 13.2 Å². The minimum atomic E-state index is -3.93. The molecule has 0 heterocycles. The molecule has 0 amide bonds. The van der Waals surface area contributed by atoms with E-state index in [1.807, 2.05) is 6.92 Å². The first-order valence-electron chi connectivity index (χ1n) is 5.73. The molecule has 0 aliphatic heterocycles. The van der Waals surface area contributed by atoms with Crippen molar-refractivity contribution in [2.24, 2.45) is 0 Å². The monoisotopic (exact) mass is 284 g/mol. The number of carbonyl (C=O) groups is 1. The Kier molecular flexibility index (Phi) is 9.85. The van der Waals surface area contributed by atoms with Gasteiger partial charge in [0.05, 0.1) is 26.4 Å². The van der Waals surface area contributed by atoms with Crippen molar-refractivity contribution in [1.82, 2.24) is 0 Å². The highest BCUT2D eigenvalue weighted by Crippen LogP contribution is 1.98. The summed E-state index contributed by atoms with van der Waals surface area (Å²) in [4.78, 5) is 10.4. The van der Waals surface area contributed by atoms with Crippen LogP contribution in [0.1, 0.15) is 26.7 Å². The number of carbonyl (C=O) groups excluding carboxylic acids is 1. The Labute approximate surface area is 108 Å². The molecule has 7 nitrogen and oxygen atoms in total. The maximum atomic E-state index is 11.1. The maximum absolute atomic E-state index is 11.1. The largest absolute Gasteiger partial charge is 0.463 e. The van der Waals surface area contributed by atoms with Gasteiger partial charge in [0, 0.05) is 6.92 Å². The molecule has 0 rings (SSSR count). The van der Waals surface area contributed by atoms with Crippen molar-refractivity contribution in [3.63, 3.8) is 0 Å². The van der Waals surface area contributed by atoms with Gasteiger partial charge in [-0.15, -0.1) is 0 Å². The summed E-state index contributed by atoms with van der Waals surface area (Å²) < 4.78 is 40.9. The fraction of sp³-hybridized carbons (Fsp3) is 0.900. The second kappa shape index (κ2) is 10.2. The molecule has 0 unspecified atom stereocenters. The van der Waals surface area contributed by atoms with Gasteiger partial charge in [-0.2, -0.15) is 8.42 Å². The van der Waals surface area contributed by atoms with Crippen molar-refractivity contribution in [1.29, 1.82) is 0 Å². The summed E-state index contributed by atoms with van der Waals surface area (Å²) in [5.74, 6) is -0.387. The molecule has 0 radical (unpaired) electrons. The summed E-state index contributed by atoms with van der Waals surface area (Å²) >= 11 is 0. The van der Waals surface area contributed by atoms with Gasteiger partial charge in [0.1, 0.15) is 6.61 Å². The highest BCUT2D eigenvalue weighted by atomic mass is 32.3. The third kappa shape index (κ3) is 11.8. The fourth-order valence-electron chi connectivity index (χ4n) is 0.881. The fourth-order valence-corrected chi connectivity index (χ4v) is 1.54. The van der Waals surface area contributed by atoms with Gasteiger partial charge < -0.3 is 9.47 Å². The van der Waals surface area contributed by atoms with Crippen LogP contribution in [0.3, 0.4) is 0 Å². The standard InChI is InChI=1S/C10H20O7S/c1-3-4-5-16-18(12,13)17-9-7-14-6-8-15-10(2)11/h3-9H2,1-2H3. The maximum Gasteiger partial charge on any atom is 0.399 e. The number of rotatable bonds is 11. The SMILES string of the molecule is CCCCOS(=O)(=O)OCCOCCOC(C)=O. The minimum absolute atomic E-state index is 0.0810. The van der Waals surface area contributed by atoms with Crippen molar-refractivity contribution >= 4 is 16.4 Å². The Morgan fingerprint density at radius 1 is 1.00 bits per heavy atom. The molecule has 0 atom stereocenters. The van der Waals surface area contributed by atoms with Crippen molar-refractivity contribution in [3.8, 4) is 0 Å². The van der Waals surface area contributed by atoms with Crippen LogP contribution in [0.4, 0.5) is 0 Å². The molecule has 0 aromatic heterocycles. The predicted octanol–water partition coefficient (Wildman–Crippen LogP) is 0.644. The predicted molar refractivity (Wildman–Crippen MR) is 63.2 cm³/mol. The summed E-state index contributed by atoms with van der Waals surface area (Å²) in [5, 5.41) is 0. The third-order valence-corrected chi connectivity index (χ3v) is 2.62. The normalized spacial score (nSPS) is 11.4. The van der Waals surface area contributed by atoms with Crippen molar-refractivity contribution in [2.75, 3.05) is 33.0 Å². The van der Waals surface area contributed by atoms with E-state index in [1.165, 1.54) is 6.92 Å². The van der Waals surface area contributed by atoms with E-state index in [2.05, 4.69) is 13.1 Å². The van der Waals surface area contributed by atoms with E-state index in [0.717, 1.165) is 6.42 Å². The molecule has 0 fully saturated rings. The van der Waals surface area contributed by atoms with Crippen LogP contribution in [0.2, 0.25) is 0 Å². The topological polar surface area (TPSA) is 88.1 Å². The van der Waals surface area contributed by atoms with Crippen LogP contribution in [0.5, 0.6) is 0 Å². The molecule has 0 bridgehead atoms. The summed E-state index contributed by atoms with van der Waals surface area (Å²) in [6, 6.07) is 0. The molecule has 8 heteroatoms. The number of ether oxygens (including phenoxy) is 2. The molecule has 18 heavy (non-hydrogen) atoms. The second-order valence-electron chi connectivity index (χ2n) is 3.36. The lowest BCUT2D eigenvalue weighted by Gasteiger charge is -2.06. The number of unbranched alkanes of at least 4 members (excludes halogenated alkanes) is 1. The molecule has 0 N–H and O–H groups in total. The summed E-state index contributed by atoms with van der Waals surface area (Å²) in [6.07, 6.45) is 1.50. The van der Waals surface area contributed by atoms with Crippen LogP contribution in [0.25, 0.3) is 0 Å². The van der Waals surface area contributed by atoms with Crippen LogP contribution in [-0.2, 0) is 33.0 Å². The van der Waals surface area contributed by atoms with E-state index < -0.39 is 10.4 Å². The van der Waals surface area contributed by atoms with E-state index in [-0.39, 0.29) is 39.0 Å². The van der Waals surface area contributed by atoms with Crippen LogP contribution in [0.15, 0.2) is 0 Å². The summed E-state index contributed by atoms with van der Waals surface area (Å²) in [6.45, 7) is 3.62. The summed E-state index contributed by atoms with van der Waals surface area (Å²) in [7, 11) is -3.93. The van der Waals surface area contributed by atoms with Crippen LogP contribution in [0, 0.1) is 0 Å². The quantitative estimate of drug-likeness (QED) is 0.406. The minimum Gasteiger partial charge on any atom is -0.463 e. The molecule has 0 saturated heterocycles. The third-order valence-electron chi connectivity index (χ3n) is 1.71. The number of hydrogen-bond donors (Lipinski definition) is 0. The van der Waals surface area contributed by atoms with Crippen molar-refractivity contribution in [2.45, 2.75) is 26.7 Å². The first-order valence-corrected chi connectivity index (χ1v) is 7.06. The van der Waals surface area contributed by atoms with Gasteiger partial charge in [0.2, 0.25) is 0 Å². The zero-order chi connectivity index (χ0) is 13.9. The zero-order valence-electron chi connectivity index (χ0n) is 10.7. The van der Waals surface area contributed by atoms with Crippen LogP contribution in [-0.4, -0.2) is 47.4 Å². The Morgan fingerprint density at radius 2 is 1.61 bits per heavy atom. The smallest absolute Gasteiger partial charge is 0.399 e. The lowest BCUT2D eigenvalue weighted by molar-refractivity contribution is -0.142. The van der Waals surface area contributed by atoms with Gasteiger partial charge in [-0.05, 0) is 6.42 Å². The first kappa shape index (κ1) is 17.3. The van der Waals surface area contributed by atoms with Gasteiger partial charge in [-0.25, -0.2) is 8.37 Å². The molecule has 0 saturated carbocycles. The van der Waals surface area contributed by atoms with E-state index in [4.69, 9.17) is 4.74 Å². The molecule has 0 aliphatic carbocycles. The second-order valence-corrected chi connectivity index (χ2v) is 4.65. The van der Waals surface area contributed by atoms with Crippen molar-refractivity contribution in [3.05, 3.63) is 0 Å². The first-order chi connectivity index (χ1) is 8.48. The summed E-state index contributed by atoms with van der Waals surface area (Å²) in [5.41, 5.74) is 0. The highest BCUT2D eigenvalue weighted by molar-refractivity contribution is 7.81. The van der Waals surface area contributed by atoms with E-state index >= 15 is 0 Å². The molecule has 0 spiro atoms. The van der Waals surface area contributed by atoms with Crippen molar-refractivity contribution < 1.29 is 31.1 Å². The Hall–Kier alpha value is -0.700. The Bertz CT molecular complexity index is 312. The number of esters is 1. The van der Waals surface area contributed by atoms with Gasteiger partial charge in [-0.1, -0.05) is 13.3 Å². The lowest BCUT2D eigenvalue weighted by atomic mass is 10.4. The molecule has 0 aromatic rings. The van der Waals surface area contributed by atoms with Gasteiger partial charge in [0.25, 0.3) is 0 Å². The van der Waals surface area contributed by atoms with Gasteiger partial charge in [-0.3, -0.25) is 4.79 Å². The Morgan fingerprint density at radius 3 is 2.22 bits per heavy atom. The molecule has 0 aliphatic rings. The zero-order valence-corrected chi connectivity index (χ0v) is 11.5. The lowest BCUT2D eigenvalue weighted by Crippen LogP contribution is -2.16.